The summed E-state index contributed by atoms with van der Waals surface area (Å²) in [5, 5.41) is 2.86. The van der Waals surface area contributed by atoms with Crippen molar-refractivity contribution < 1.29 is 17.9 Å². The Bertz CT molecular complexity index is 1290. The van der Waals surface area contributed by atoms with Crippen molar-refractivity contribution >= 4 is 33.2 Å². The molecule has 0 aliphatic carbocycles. The summed E-state index contributed by atoms with van der Waals surface area (Å²) >= 11 is 0.987. The van der Waals surface area contributed by atoms with Gasteiger partial charge in [-0.05, 0) is 37.6 Å². The monoisotopic (exact) mass is 459 g/mol. The van der Waals surface area contributed by atoms with E-state index in [0.29, 0.717) is 17.0 Å². The summed E-state index contributed by atoms with van der Waals surface area (Å²) in [4.78, 5) is 30.7. The molecule has 0 aliphatic rings. The van der Waals surface area contributed by atoms with Gasteiger partial charge in [-0.3, -0.25) is 9.59 Å². The van der Waals surface area contributed by atoms with E-state index in [9.17, 15) is 18.0 Å². The minimum absolute atomic E-state index is 0.0245. The molecule has 0 bridgehead atoms. The second kappa shape index (κ2) is 9.36. The smallest absolute Gasteiger partial charge is 0.270 e. The Kier molecular flexibility index (Phi) is 6.81. The molecular weight excluding hydrogens is 438 g/mol. The third kappa shape index (κ3) is 5.33. The molecule has 0 saturated carbocycles. The first-order chi connectivity index (χ1) is 14.7. The summed E-state index contributed by atoms with van der Waals surface area (Å²) in [5.74, 6) is 0.272. The second-order valence-corrected chi connectivity index (χ2v) is 9.57. The molecule has 162 valence electrons. The lowest BCUT2D eigenvalue weighted by atomic mass is 10.2. The third-order valence-corrected chi connectivity index (χ3v) is 7.14. The lowest BCUT2D eigenvalue weighted by molar-refractivity contribution is -0.113. The first-order valence-corrected chi connectivity index (χ1v) is 11.7. The van der Waals surface area contributed by atoms with Gasteiger partial charge in [-0.2, -0.15) is 0 Å². The third-order valence-electron chi connectivity index (χ3n) is 4.35. The molecule has 1 aromatic heterocycles. The second-order valence-electron chi connectivity index (χ2n) is 6.72. The van der Waals surface area contributed by atoms with Crippen molar-refractivity contribution in [3.63, 3.8) is 0 Å². The van der Waals surface area contributed by atoms with Gasteiger partial charge in [0.25, 0.3) is 5.56 Å². The molecule has 0 radical (unpaired) electrons. The van der Waals surface area contributed by atoms with Crippen molar-refractivity contribution in [2.75, 3.05) is 18.2 Å². The minimum Gasteiger partial charge on any atom is -0.497 e. The number of aryl methyl sites for hydroxylation is 2. The van der Waals surface area contributed by atoms with Crippen molar-refractivity contribution in [3.05, 3.63) is 70.1 Å². The van der Waals surface area contributed by atoms with Gasteiger partial charge in [-0.15, -0.1) is 0 Å². The maximum Gasteiger partial charge on any atom is 0.270 e. The summed E-state index contributed by atoms with van der Waals surface area (Å²) in [6.45, 7) is 3.53. The largest absolute Gasteiger partial charge is 0.497 e. The fourth-order valence-corrected chi connectivity index (χ4v) is 4.97. The summed E-state index contributed by atoms with van der Waals surface area (Å²) in [7, 11) is -2.49. The molecule has 0 atom stereocenters. The first kappa shape index (κ1) is 22.6. The lowest BCUT2D eigenvalue weighted by Crippen LogP contribution is -2.20. The molecule has 2 aromatic carbocycles. The van der Waals surface area contributed by atoms with Gasteiger partial charge in [0, 0.05) is 11.8 Å². The molecule has 3 rings (SSSR count). The highest BCUT2D eigenvalue weighted by Crippen LogP contribution is 2.23. The van der Waals surface area contributed by atoms with E-state index in [2.05, 4.69) is 15.3 Å². The molecule has 0 aliphatic heterocycles. The van der Waals surface area contributed by atoms with Gasteiger partial charge in [-0.1, -0.05) is 35.5 Å². The van der Waals surface area contributed by atoms with E-state index >= 15 is 0 Å². The number of ether oxygens (including phenoxy) is 1. The average Bonchev–Trinajstić information content (AvgIpc) is 2.72. The maximum absolute atomic E-state index is 12.9. The zero-order chi connectivity index (χ0) is 22.6. The molecule has 0 unspecified atom stereocenters. The normalized spacial score (nSPS) is 11.2. The number of methoxy groups -OCH3 is 1. The Morgan fingerprint density at radius 2 is 1.94 bits per heavy atom. The summed E-state index contributed by atoms with van der Waals surface area (Å²) < 4.78 is 30.9. The van der Waals surface area contributed by atoms with Gasteiger partial charge in [0.1, 0.15) is 5.75 Å². The molecule has 31 heavy (non-hydrogen) atoms. The Morgan fingerprint density at radius 3 is 2.61 bits per heavy atom. The van der Waals surface area contributed by atoms with Gasteiger partial charge in [0.2, 0.25) is 15.7 Å². The van der Waals surface area contributed by atoms with E-state index in [0.717, 1.165) is 23.5 Å². The van der Waals surface area contributed by atoms with Crippen LogP contribution in [0.1, 0.15) is 11.1 Å². The van der Waals surface area contributed by atoms with E-state index in [1.54, 1.807) is 43.3 Å². The number of benzene rings is 2. The number of hydrogen-bond acceptors (Lipinski definition) is 7. The van der Waals surface area contributed by atoms with Crippen molar-refractivity contribution in [1.82, 2.24) is 9.97 Å². The fraction of sp³-hybridized carbons (Fsp3) is 0.190. The molecule has 3 aromatic rings. The van der Waals surface area contributed by atoms with E-state index in [1.807, 2.05) is 6.92 Å². The van der Waals surface area contributed by atoms with Crippen LogP contribution in [0.2, 0.25) is 0 Å². The van der Waals surface area contributed by atoms with E-state index in [1.165, 1.54) is 13.2 Å². The van der Waals surface area contributed by atoms with Crippen LogP contribution in [0.3, 0.4) is 0 Å². The van der Waals surface area contributed by atoms with Crippen LogP contribution in [0, 0.1) is 13.8 Å². The zero-order valence-corrected chi connectivity index (χ0v) is 18.8. The fourth-order valence-electron chi connectivity index (χ4n) is 2.88. The summed E-state index contributed by atoms with van der Waals surface area (Å²) in [6, 6.07) is 11.8. The van der Waals surface area contributed by atoms with Gasteiger partial charge < -0.3 is 15.0 Å². The number of rotatable bonds is 7. The highest BCUT2D eigenvalue weighted by molar-refractivity contribution is 7.99. The van der Waals surface area contributed by atoms with Crippen LogP contribution in [-0.2, 0) is 14.6 Å². The van der Waals surface area contributed by atoms with Gasteiger partial charge in [0.15, 0.2) is 10.1 Å². The van der Waals surface area contributed by atoms with Gasteiger partial charge in [0.05, 0.1) is 24.0 Å². The predicted molar refractivity (Wildman–Crippen MR) is 119 cm³/mol. The Labute approximate surface area is 184 Å². The molecule has 2 N–H and O–H groups in total. The number of anilines is 1. The SMILES string of the molecule is COc1cccc(NC(=O)CSc2ncc(S(=O)(=O)c3ccc(C)cc3C)c(=O)[nH]2)c1. The molecule has 1 amide bonds. The van der Waals surface area contributed by atoms with Crippen molar-refractivity contribution in [1.29, 1.82) is 0 Å². The zero-order valence-electron chi connectivity index (χ0n) is 17.1. The number of nitrogens with one attached hydrogen (secondary N) is 2. The van der Waals surface area contributed by atoms with E-state index in [-0.39, 0.29) is 21.7 Å². The first-order valence-electron chi connectivity index (χ1n) is 9.19. The number of thioether (sulfide) groups is 1. The highest BCUT2D eigenvalue weighted by atomic mass is 32.2. The average molecular weight is 460 g/mol. The molecule has 1 heterocycles. The van der Waals surface area contributed by atoms with Crippen LogP contribution in [0.15, 0.2) is 68.4 Å². The Balaban J connectivity index is 1.72. The van der Waals surface area contributed by atoms with Crippen LogP contribution < -0.4 is 15.6 Å². The molecule has 8 nitrogen and oxygen atoms in total. The summed E-state index contributed by atoms with van der Waals surface area (Å²) in [5.41, 5.74) is 1.25. The minimum atomic E-state index is -4.02. The number of aromatic nitrogens is 2. The number of hydrogen-bond donors (Lipinski definition) is 2. The molecule has 0 spiro atoms. The van der Waals surface area contributed by atoms with Crippen LogP contribution in [0.4, 0.5) is 5.69 Å². The topological polar surface area (TPSA) is 118 Å². The van der Waals surface area contributed by atoms with E-state index < -0.39 is 20.3 Å². The van der Waals surface area contributed by atoms with Gasteiger partial charge >= 0.3 is 0 Å². The molecular formula is C21H21N3O5S2. The van der Waals surface area contributed by atoms with Crippen molar-refractivity contribution in [2.45, 2.75) is 28.8 Å². The number of aromatic amines is 1. The Hall–Kier alpha value is -3.11. The number of carbonyl (C=O) groups excluding carboxylic acids is 1. The maximum atomic E-state index is 12.9. The predicted octanol–water partition coefficient (Wildman–Crippen LogP) is 2.96. The van der Waals surface area contributed by atoms with Crippen LogP contribution >= 0.6 is 11.8 Å². The summed E-state index contributed by atoms with van der Waals surface area (Å²) in [6.07, 6.45) is 1.02. The highest BCUT2D eigenvalue weighted by Gasteiger charge is 2.24. The van der Waals surface area contributed by atoms with Crippen molar-refractivity contribution in [2.24, 2.45) is 0 Å². The quantitative estimate of drug-likeness (QED) is 0.412. The van der Waals surface area contributed by atoms with Crippen LogP contribution in [-0.4, -0.2) is 37.2 Å². The van der Waals surface area contributed by atoms with Crippen molar-refractivity contribution in [3.8, 4) is 5.75 Å². The lowest BCUT2D eigenvalue weighted by Gasteiger charge is -2.09. The molecule has 10 heteroatoms. The molecule has 0 saturated heterocycles. The van der Waals surface area contributed by atoms with Gasteiger partial charge in [-0.25, -0.2) is 13.4 Å². The number of carbonyl (C=O) groups is 1. The van der Waals surface area contributed by atoms with Crippen LogP contribution in [0.5, 0.6) is 5.75 Å². The Morgan fingerprint density at radius 1 is 1.16 bits per heavy atom. The number of H-pyrrole nitrogens is 1. The van der Waals surface area contributed by atoms with Crippen LogP contribution in [0.25, 0.3) is 0 Å². The number of nitrogens with zero attached hydrogens (tertiary/aromatic N) is 1. The number of amides is 1. The molecule has 0 fully saturated rings. The standard InChI is InChI=1S/C21H21N3O5S2/c1-13-7-8-17(14(2)9-13)31(27,28)18-11-22-21(24-20(18)26)30-12-19(25)23-15-5-4-6-16(10-15)29-3/h4-11H,12H2,1-3H3,(H,23,25)(H,22,24,26). The van der Waals surface area contributed by atoms with E-state index in [4.69, 9.17) is 4.74 Å². The number of sulfone groups is 1.